The Morgan fingerprint density at radius 1 is 0.591 bits per heavy atom. The van der Waals surface area contributed by atoms with E-state index in [2.05, 4.69) is 13.8 Å². The second-order valence-electron chi connectivity index (χ2n) is 7.00. The molecule has 132 valence electrons. The summed E-state index contributed by atoms with van der Waals surface area (Å²) in [5.41, 5.74) is 0. The van der Waals surface area contributed by atoms with Gasteiger partial charge in [-0.1, -0.05) is 78.1 Å². The molecular weight excluding hydrogens is 272 g/mol. The molecule has 0 unspecified atom stereocenters. The largest absolute Gasteiger partial charge is 0.350 e. The van der Waals surface area contributed by atoms with E-state index in [0.29, 0.717) is 0 Å². The van der Waals surface area contributed by atoms with E-state index in [1.165, 1.54) is 64.2 Å². The molecule has 0 atom stereocenters. The summed E-state index contributed by atoms with van der Waals surface area (Å²) < 4.78 is 12.2. The lowest BCUT2D eigenvalue weighted by Crippen LogP contribution is -2.35. The zero-order chi connectivity index (χ0) is 15.9. The van der Waals surface area contributed by atoms with Gasteiger partial charge in [-0.3, -0.25) is 0 Å². The Balaban J connectivity index is 2.03. The summed E-state index contributed by atoms with van der Waals surface area (Å²) >= 11 is 0. The van der Waals surface area contributed by atoms with Gasteiger partial charge in [0.15, 0.2) is 5.79 Å². The van der Waals surface area contributed by atoms with Crippen molar-refractivity contribution in [1.82, 2.24) is 0 Å². The first-order valence-corrected chi connectivity index (χ1v) is 10.1. The second kappa shape index (κ2) is 13.4. The quantitative estimate of drug-likeness (QED) is 0.356. The molecule has 1 heterocycles. The second-order valence-corrected chi connectivity index (χ2v) is 7.00. The SMILES string of the molecule is CCCCCCCCCCCCC1(CCC)OCCCCO1. The predicted molar refractivity (Wildman–Crippen MR) is 95.2 cm³/mol. The van der Waals surface area contributed by atoms with Crippen LogP contribution in [0.1, 0.15) is 110 Å². The average Bonchev–Trinajstić information content (AvgIpc) is 2.76. The molecule has 1 saturated heterocycles. The molecule has 0 saturated carbocycles. The Hall–Kier alpha value is -0.0800. The maximum absolute atomic E-state index is 6.09. The van der Waals surface area contributed by atoms with Crippen molar-refractivity contribution in [2.45, 2.75) is 116 Å². The molecule has 22 heavy (non-hydrogen) atoms. The molecule has 0 amide bonds. The fourth-order valence-electron chi connectivity index (χ4n) is 3.44. The fraction of sp³-hybridized carbons (Fsp3) is 1.00. The molecule has 2 heteroatoms. The van der Waals surface area contributed by atoms with E-state index in [4.69, 9.17) is 9.47 Å². The number of rotatable bonds is 13. The minimum absolute atomic E-state index is 0.245. The average molecular weight is 313 g/mol. The van der Waals surface area contributed by atoms with E-state index in [1.807, 2.05) is 0 Å². The Kier molecular flexibility index (Phi) is 12.1. The van der Waals surface area contributed by atoms with Gasteiger partial charge in [0.1, 0.15) is 0 Å². The van der Waals surface area contributed by atoms with E-state index in [9.17, 15) is 0 Å². The third-order valence-corrected chi connectivity index (χ3v) is 4.81. The number of ether oxygens (including phenoxy) is 2. The zero-order valence-corrected chi connectivity index (χ0v) is 15.3. The van der Waals surface area contributed by atoms with Crippen LogP contribution in [-0.2, 0) is 9.47 Å². The molecule has 0 radical (unpaired) electrons. The molecule has 1 aliphatic rings. The summed E-state index contributed by atoms with van der Waals surface area (Å²) in [7, 11) is 0. The Bertz CT molecular complexity index is 232. The third-order valence-electron chi connectivity index (χ3n) is 4.81. The standard InChI is InChI=1S/C20H40O2/c1-3-5-6-7-8-9-10-11-12-13-17-20(16-4-2)21-18-14-15-19-22-20/h3-19H2,1-2H3. The van der Waals surface area contributed by atoms with Gasteiger partial charge >= 0.3 is 0 Å². The van der Waals surface area contributed by atoms with Crippen molar-refractivity contribution < 1.29 is 9.47 Å². The van der Waals surface area contributed by atoms with E-state index < -0.39 is 0 Å². The predicted octanol–water partition coefficient (Wildman–Crippen LogP) is 6.62. The van der Waals surface area contributed by atoms with Crippen molar-refractivity contribution in [1.29, 1.82) is 0 Å². The maximum atomic E-state index is 6.09. The van der Waals surface area contributed by atoms with Crippen LogP contribution < -0.4 is 0 Å². The van der Waals surface area contributed by atoms with Crippen LogP contribution in [0.3, 0.4) is 0 Å². The highest BCUT2D eigenvalue weighted by atomic mass is 16.7. The van der Waals surface area contributed by atoms with Crippen molar-refractivity contribution in [2.24, 2.45) is 0 Å². The highest BCUT2D eigenvalue weighted by Gasteiger charge is 2.31. The van der Waals surface area contributed by atoms with Crippen LogP contribution >= 0.6 is 0 Å². The van der Waals surface area contributed by atoms with Gasteiger partial charge in [0, 0.05) is 12.8 Å². The molecule has 1 rings (SSSR count). The molecule has 0 N–H and O–H groups in total. The van der Waals surface area contributed by atoms with Gasteiger partial charge in [-0.15, -0.1) is 0 Å². The van der Waals surface area contributed by atoms with E-state index in [-0.39, 0.29) is 5.79 Å². The molecule has 1 aliphatic heterocycles. The molecule has 0 spiro atoms. The summed E-state index contributed by atoms with van der Waals surface area (Å²) in [4.78, 5) is 0. The summed E-state index contributed by atoms with van der Waals surface area (Å²) in [5, 5.41) is 0. The van der Waals surface area contributed by atoms with Crippen molar-refractivity contribution in [2.75, 3.05) is 13.2 Å². The molecule has 0 aromatic carbocycles. The van der Waals surface area contributed by atoms with Crippen LogP contribution in [0.4, 0.5) is 0 Å². The molecule has 1 fully saturated rings. The van der Waals surface area contributed by atoms with Crippen LogP contribution in [0.5, 0.6) is 0 Å². The Labute approximate surface area is 139 Å². The van der Waals surface area contributed by atoms with Crippen LogP contribution in [0.2, 0.25) is 0 Å². The smallest absolute Gasteiger partial charge is 0.168 e. The fourth-order valence-corrected chi connectivity index (χ4v) is 3.44. The first-order valence-electron chi connectivity index (χ1n) is 10.1. The van der Waals surface area contributed by atoms with Crippen molar-refractivity contribution in [3.63, 3.8) is 0 Å². The van der Waals surface area contributed by atoms with Crippen LogP contribution in [0.25, 0.3) is 0 Å². The molecule has 2 nitrogen and oxygen atoms in total. The normalized spacial score (nSPS) is 18.3. The first kappa shape index (κ1) is 20.0. The van der Waals surface area contributed by atoms with E-state index >= 15 is 0 Å². The zero-order valence-electron chi connectivity index (χ0n) is 15.3. The van der Waals surface area contributed by atoms with Crippen molar-refractivity contribution in [3.8, 4) is 0 Å². The topological polar surface area (TPSA) is 18.5 Å². The summed E-state index contributed by atoms with van der Waals surface area (Å²) in [5.74, 6) is -0.245. The first-order chi connectivity index (χ1) is 10.8. The van der Waals surface area contributed by atoms with Gasteiger partial charge in [-0.05, 0) is 19.3 Å². The minimum atomic E-state index is -0.245. The van der Waals surface area contributed by atoms with Gasteiger partial charge in [0.25, 0.3) is 0 Å². The van der Waals surface area contributed by atoms with Gasteiger partial charge in [-0.25, -0.2) is 0 Å². The lowest BCUT2D eigenvalue weighted by atomic mass is 10.0. The summed E-state index contributed by atoms with van der Waals surface area (Å²) in [6, 6.07) is 0. The van der Waals surface area contributed by atoms with Gasteiger partial charge < -0.3 is 9.47 Å². The molecule has 0 bridgehead atoms. The van der Waals surface area contributed by atoms with E-state index in [1.54, 1.807) is 0 Å². The van der Waals surface area contributed by atoms with Crippen LogP contribution in [0.15, 0.2) is 0 Å². The van der Waals surface area contributed by atoms with Gasteiger partial charge in [0.2, 0.25) is 0 Å². The van der Waals surface area contributed by atoms with Crippen LogP contribution in [-0.4, -0.2) is 19.0 Å². The van der Waals surface area contributed by atoms with Gasteiger partial charge in [-0.2, -0.15) is 0 Å². The third kappa shape index (κ3) is 9.15. The molecule has 0 aromatic rings. The molecule has 0 aliphatic carbocycles. The number of hydrogen-bond acceptors (Lipinski definition) is 2. The lowest BCUT2D eigenvalue weighted by Gasteiger charge is -2.32. The molecular formula is C20H40O2. The van der Waals surface area contributed by atoms with Crippen molar-refractivity contribution >= 4 is 0 Å². The molecule has 0 aromatic heterocycles. The van der Waals surface area contributed by atoms with Crippen molar-refractivity contribution in [3.05, 3.63) is 0 Å². The summed E-state index contributed by atoms with van der Waals surface area (Å²) in [6.07, 6.45) is 19.5. The summed E-state index contributed by atoms with van der Waals surface area (Å²) in [6.45, 7) is 6.29. The monoisotopic (exact) mass is 312 g/mol. The number of hydrogen-bond donors (Lipinski definition) is 0. The minimum Gasteiger partial charge on any atom is -0.350 e. The lowest BCUT2D eigenvalue weighted by molar-refractivity contribution is -0.234. The highest BCUT2D eigenvalue weighted by Crippen LogP contribution is 2.30. The Morgan fingerprint density at radius 2 is 1.09 bits per heavy atom. The van der Waals surface area contributed by atoms with Crippen LogP contribution in [0, 0.1) is 0 Å². The van der Waals surface area contributed by atoms with E-state index in [0.717, 1.165) is 45.3 Å². The van der Waals surface area contributed by atoms with Gasteiger partial charge in [0.05, 0.1) is 13.2 Å². The highest BCUT2D eigenvalue weighted by molar-refractivity contribution is 4.72. The maximum Gasteiger partial charge on any atom is 0.168 e. The Morgan fingerprint density at radius 3 is 1.59 bits per heavy atom. The number of unbranched alkanes of at least 4 members (excludes halogenated alkanes) is 9.